The lowest BCUT2D eigenvalue weighted by Crippen LogP contribution is -2.58. The summed E-state index contributed by atoms with van der Waals surface area (Å²) in [4.78, 5) is 27.3. The summed E-state index contributed by atoms with van der Waals surface area (Å²) in [5.74, 6) is -1.21. The predicted molar refractivity (Wildman–Crippen MR) is 77.7 cm³/mol. The van der Waals surface area contributed by atoms with E-state index in [0.29, 0.717) is 6.54 Å². The van der Waals surface area contributed by atoms with Gasteiger partial charge in [0.15, 0.2) is 0 Å². The molecule has 108 valence electrons. The Morgan fingerprint density at radius 3 is 2.26 bits per heavy atom. The molecule has 0 atom stereocenters. The van der Waals surface area contributed by atoms with Crippen molar-refractivity contribution in [3.8, 4) is 0 Å². The molecule has 6 nitrogen and oxygen atoms in total. The second-order valence-corrected chi connectivity index (χ2v) is 5.81. The zero-order valence-corrected chi connectivity index (χ0v) is 12.5. The molecule has 0 heterocycles. The van der Waals surface area contributed by atoms with E-state index in [2.05, 4.69) is 22.4 Å². The third kappa shape index (κ3) is 3.87. The molecular weight excluding hydrogens is 264 g/mol. The maximum absolute atomic E-state index is 11.9. The summed E-state index contributed by atoms with van der Waals surface area (Å²) in [6.07, 6.45) is 3.26. The lowest BCUT2D eigenvalue weighted by molar-refractivity contribution is -0.146. The number of carbonyl (C=O) groups is 2. The Balaban J connectivity index is 2.52. The number of thiocarbonyl (C=S) groups is 1. The first-order chi connectivity index (χ1) is 8.78. The molecule has 1 saturated carbocycles. The van der Waals surface area contributed by atoms with Gasteiger partial charge in [-0.2, -0.15) is 0 Å². The molecule has 1 aliphatic rings. The average Bonchev–Trinajstić information content (AvgIpc) is 2.28. The topological polar surface area (TPSA) is 78.7 Å². The minimum absolute atomic E-state index is 0.00780. The monoisotopic (exact) mass is 286 g/mol. The summed E-state index contributed by atoms with van der Waals surface area (Å²) in [5, 5.41) is 2.40. The zero-order valence-electron chi connectivity index (χ0n) is 11.7. The third-order valence-electron chi connectivity index (χ3n) is 3.73. The van der Waals surface area contributed by atoms with E-state index in [0.717, 1.165) is 19.3 Å². The van der Waals surface area contributed by atoms with Crippen LogP contribution in [0.4, 0.5) is 0 Å². The minimum atomic E-state index is -0.663. The Kier molecular flexibility index (Phi) is 5.25. The number of nitrogens with two attached hydrogens (primary N) is 1. The second-order valence-electron chi connectivity index (χ2n) is 5.28. The van der Waals surface area contributed by atoms with Crippen molar-refractivity contribution in [2.24, 2.45) is 5.73 Å². The standard InChI is InChI=1S/C12H22N4O2S/c1-15(2)12(5-4-6-12)8-16(3)11(18)10(17)14-7-9(13)19/h4-8H2,1-3H3,(H2,13,19)(H,14,17). The molecule has 0 spiro atoms. The van der Waals surface area contributed by atoms with Crippen LogP contribution in [0.1, 0.15) is 19.3 Å². The Bertz CT molecular complexity index is 380. The van der Waals surface area contributed by atoms with Gasteiger partial charge in [0.25, 0.3) is 0 Å². The van der Waals surface area contributed by atoms with E-state index >= 15 is 0 Å². The van der Waals surface area contributed by atoms with E-state index < -0.39 is 11.8 Å². The van der Waals surface area contributed by atoms with Gasteiger partial charge in [0.05, 0.1) is 11.5 Å². The fourth-order valence-corrected chi connectivity index (χ4v) is 2.33. The van der Waals surface area contributed by atoms with Crippen LogP contribution < -0.4 is 11.1 Å². The van der Waals surface area contributed by atoms with Crippen molar-refractivity contribution in [1.29, 1.82) is 0 Å². The highest BCUT2D eigenvalue weighted by Gasteiger charge is 2.41. The van der Waals surface area contributed by atoms with Crippen LogP contribution in [0, 0.1) is 0 Å². The molecule has 3 N–H and O–H groups in total. The van der Waals surface area contributed by atoms with Crippen LogP contribution in [0.25, 0.3) is 0 Å². The highest BCUT2D eigenvalue weighted by Crippen LogP contribution is 2.36. The summed E-state index contributed by atoms with van der Waals surface area (Å²) in [6.45, 7) is 0.603. The molecule has 1 rings (SSSR count). The summed E-state index contributed by atoms with van der Waals surface area (Å²) < 4.78 is 0. The van der Waals surface area contributed by atoms with Gasteiger partial charge in [0, 0.05) is 19.1 Å². The molecule has 1 aliphatic carbocycles. The first-order valence-electron chi connectivity index (χ1n) is 6.27. The first-order valence-corrected chi connectivity index (χ1v) is 6.68. The number of hydrogen-bond donors (Lipinski definition) is 2. The lowest BCUT2D eigenvalue weighted by Gasteiger charge is -2.49. The third-order valence-corrected chi connectivity index (χ3v) is 3.87. The van der Waals surface area contributed by atoms with Gasteiger partial charge >= 0.3 is 11.8 Å². The number of carbonyl (C=O) groups excluding carboxylic acids is 2. The van der Waals surface area contributed by atoms with Crippen molar-refractivity contribution in [2.45, 2.75) is 24.8 Å². The maximum Gasteiger partial charge on any atom is 0.311 e. The predicted octanol–water partition coefficient (Wildman–Crippen LogP) is -0.669. The van der Waals surface area contributed by atoms with Gasteiger partial charge in [0.2, 0.25) is 0 Å². The number of likely N-dealkylation sites (N-methyl/N-ethyl adjacent to an activating group) is 2. The van der Waals surface area contributed by atoms with Crippen LogP contribution in [0.15, 0.2) is 0 Å². The molecule has 0 radical (unpaired) electrons. The Labute approximate surface area is 119 Å². The van der Waals surface area contributed by atoms with Gasteiger partial charge in [-0.3, -0.25) is 9.59 Å². The van der Waals surface area contributed by atoms with E-state index in [1.807, 2.05) is 14.1 Å². The highest BCUT2D eigenvalue weighted by molar-refractivity contribution is 7.80. The van der Waals surface area contributed by atoms with E-state index in [9.17, 15) is 9.59 Å². The molecule has 0 aromatic carbocycles. The SMILES string of the molecule is CN(CC1(N(C)C)CCC1)C(=O)C(=O)NCC(N)=S. The number of amides is 2. The molecule has 0 aliphatic heterocycles. The largest absolute Gasteiger partial charge is 0.392 e. The molecule has 1 fully saturated rings. The number of nitrogens with zero attached hydrogens (tertiary/aromatic N) is 2. The van der Waals surface area contributed by atoms with Crippen molar-refractivity contribution < 1.29 is 9.59 Å². The van der Waals surface area contributed by atoms with Crippen molar-refractivity contribution in [1.82, 2.24) is 15.1 Å². The number of hydrogen-bond acceptors (Lipinski definition) is 4. The van der Waals surface area contributed by atoms with Gasteiger partial charge in [-0.25, -0.2) is 0 Å². The van der Waals surface area contributed by atoms with Crippen molar-refractivity contribution >= 4 is 29.0 Å². The fraction of sp³-hybridized carbons (Fsp3) is 0.750. The highest BCUT2D eigenvalue weighted by atomic mass is 32.1. The van der Waals surface area contributed by atoms with Crippen molar-refractivity contribution in [3.63, 3.8) is 0 Å². The van der Waals surface area contributed by atoms with Gasteiger partial charge < -0.3 is 20.9 Å². The summed E-state index contributed by atoms with van der Waals surface area (Å²) >= 11 is 4.65. The average molecular weight is 286 g/mol. The van der Waals surface area contributed by atoms with Gasteiger partial charge in [-0.15, -0.1) is 0 Å². The number of nitrogens with one attached hydrogen (secondary N) is 1. The summed E-state index contributed by atoms with van der Waals surface area (Å²) in [6, 6.07) is 0. The maximum atomic E-state index is 11.9. The van der Waals surface area contributed by atoms with Crippen LogP contribution in [0.3, 0.4) is 0 Å². The summed E-state index contributed by atoms with van der Waals surface area (Å²) in [5.41, 5.74) is 5.28. The van der Waals surface area contributed by atoms with Gasteiger partial charge in [0.1, 0.15) is 0 Å². The molecule has 0 saturated heterocycles. The molecule has 0 bridgehead atoms. The molecule has 2 amide bonds. The Morgan fingerprint density at radius 1 is 1.32 bits per heavy atom. The molecular formula is C12H22N4O2S. The zero-order chi connectivity index (χ0) is 14.6. The Hall–Kier alpha value is -1.21. The molecule has 7 heteroatoms. The van der Waals surface area contributed by atoms with Crippen LogP contribution in [-0.2, 0) is 9.59 Å². The van der Waals surface area contributed by atoms with E-state index in [1.54, 1.807) is 7.05 Å². The van der Waals surface area contributed by atoms with E-state index in [1.165, 1.54) is 4.90 Å². The summed E-state index contributed by atoms with van der Waals surface area (Å²) in [7, 11) is 5.65. The van der Waals surface area contributed by atoms with Crippen LogP contribution in [0.5, 0.6) is 0 Å². The lowest BCUT2D eigenvalue weighted by atomic mass is 9.75. The minimum Gasteiger partial charge on any atom is -0.392 e. The van der Waals surface area contributed by atoms with Gasteiger partial charge in [-0.05, 0) is 33.4 Å². The molecule has 19 heavy (non-hydrogen) atoms. The van der Waals surface area contributed by atoms with Gasteiger partial charge in [-0.1, -0.05) is 12.2 Å². The molecule has 0 aromatic rings. The number of rotatable bonds is 5. The van der Waals surface area contributed by atoms with Crippen LogP contribution >= 0.6 is 12.2 Å². The first kappa shape index (κ1) is 15.8. The van der Waals surface area contributed by atoms with E-state index in [4.69, 9.17) is 5.73 Å². The second kappa shape index (κ2) is 6.29. The van der Waals surface area contributed by atoms with Crippen LogP contribution in [0.2, 0.25) is 0 Å². The molecule has 0 aromatic heterocycles. The Morgan fingerprint density at radius 2 is 1.89 bits per heavy atom. The van der Waals surface area contributed by atoms with Crippen LogP contribution in [-0.4, -0.2) is 66.4 Å². The fourth-order valence-electron chi connectivity index (χ4n) is 2.26. The molecule has 0 unspecified atom stereocenters. The normalized spacial score (nSPS) is 16.6. The van der Waals surface area contributed by atoms with E-state index in [-0.39, 0.29) is 17.1 Å². The van der Waals surface area contributed by atoms with Crippen molar-refractivity contribution in [3.05, 3.63) is 0 Å². The quantitative estimate of drug-likeness (QED) is 0.518. The smallest absolute Gasteiger partial charge is 0.311 e. The van der Waals surface area contributed by atoms with Crippen molar-refractivity contribution in [2.75, 3.05) is 34.2 Å².